The average molecular weight is 381 g/mol. The number of benzene rings is 2. The van der Waals surface area contributed by atoms with Crippen LogP contribution >= 0.6 is 11.8 Å². The average Bonchev–Trinajstić information content (AvgIpc) is 2.70. The Morgan fingerprint density at radius 2 is 1.81 bits per heavy atom. The van der Waals surface area contributed by atoms with Crippen LogP contribution in [0, 0.1) is 6.92 Å². The van der Waals surface area contributed by atoms with E-state index in [9.17, 15) is 4.79 Å². The number of Topliss-reactive ketones (excluding diaryl/α,β-unsaturated/α-hetero) is 1. The summed E-state index contributed by atoms with van der Waals surface area (Å²) < 4.78 is 16.4. The minimum Gasteiger partial charge on any atom is -0.497 e. The van der Waals surface area contributed by atoms with E-state index in [-0.39, 0.29) is 5.78 Å². The third-order valence-electron chi connectivity index (χ3n) is 4.37. The first-order chi connectivity index (χ1) is 13.1. The second-order valence-electron chi connectivity index (χ2n) is 6.24. The molecule has 2 aromatic carbocycles. The lowest BCUT2D eigenvalue weighted by Gasteiger charge is -2.19. The normalized spacial score (nSPS) is 12.8. The van der Waals surface area contributed by atoms with Crippen LogP contribution in [-0.2, 0) is 0 Å². The highest BCUT2D eigenvalue weighted by molar-refractivity contribution is 8.00. The third-order valence-corrected chi connectivity index (χ3v) is 5.47. The van der Waals surface area contributed by atoms with Gasteiger partial charge in [-0.1, -0.05) is 11.8 Å². The summed E-state index contributed by atoms with van der Waals surface area (Å²) in [5, 5.41) is 1.85. The van der Waals surface area contributed by atoms with E-state index in [1.807, 2.05) is 19.1 Å². The molecule has 0 fully saturated rings. The van der Waals surface area contributed by atoms with E-state index in [1.165, 1.54) is 11.8 Å². The van der Waals surface area contributed by atoms with Gasteiger partial charge in [0.15, 0.2) is 17.3 Å². The van der Waals surface area contributed by atoms with Crippen LogP contribution in [0.25, 0.3) is 10.9 Å². The zero-order valence-electron chi connectivity index (χ0n) is 15.2. The van der Waals surface area contributed by atoms with Crippen molar-refractivity contribution in [1.82, 2.24) is 4.98 Å². The van der Waals surface area contributed by atoms with Crippen LogP contribution in [0.4, 0.5) is 0 Å². The lowest BCUT2D eigenvalue weighted by molar-refractivity contribution is 0.102. The molecule has 5 nitrogen and oxygen atoms in total. The van der Waals surface area contributed by atoms with Gasteiger partial charge in [-0.25, -0.2) is 4.98 Å². The number of carbonyl (C=O) groups excluding carboxylic acids is 1. The number of thioether (sulfide) groups is 1. The minimum absolute atomic E-state index is 0.0612. The van der Waals surface area contributed by atoms with Crippen molar-refractivity contribution in [3.63, 3.8) is 0 Å². The Hall–Kier alpha value is -2.73. The van der Waals surface area contributed by atoms with Crippen molar-refractivity contribution in [3.05, 3.63) is 53.6 Å². The number of fused-ring (bicyclic) bond motifs is 2. The Labute approximate surface area is 161 Å². The van der Waals surface area contributed by atoms with Crippen LogP contribution in [0.3, 0.4) is 0 Å². The van der Waals surface area contributed by atoms with E-state index in [2.05, 4.69) is 6.07 Å². The summed E-state index contributed by atoms with van der Waals surface area (Å²) in [6, 6.07) is 13.1. The van der Waals surface area contributed by atoms with Crippen LogP contribution in [0.1, 0.15) is 15.9 Å². The first kappa shape index (κ1) is 17.7. The van der Waals surface area contributed by atoms with Gasteiger partial charge in [0.2, 0.25) is 0 Å². The SMILES string of the molecule is COc1ccc(C(=O)CSc2nc3cc4c(cc3cc2C)OCCO4)cc1. The summed E-state index contributed by atoms with van der Waals surface area (Å²) in [6.07, 6.45) is 0. The van der Waals surface area contributed by atoms with Crippen molar-refractivity contribution in [2.75, 3.05) is 26.1 Å². The van der Waals surface area contributed by atoms with Crippen molar-refractivity contribution in [3.8, 4) is 17.2 Å². The maximum absolute atomic E-state index is 12.5. The lowest BCUT2D eigenvalue weighted by Crippen LogP contribution is -2.15. The molecule has 0 bridgehead atoms. The first-order valence-electron chi connectivity index (χ1n) is 8.65. The standard InChI is InChI=1S/C21H19NO4S/c1-13-9-15-10-19-20(26-8-7-25-19)11-17(15)22-21(13)27-12-18(23)14-3-5-16(24-2)6-4-14/h3-6,9-11H,7-8,12H2,1-2H3. The first-order valence-corrected chi connectivity index (χ1v) is 9.63. The van der Waals surface area contributed by atoms with Crippen molar-refractivity contribution in [2.24, 2.45) is 0 Å². The molecule has 27 heavy (non-hydrogen) atoms. The summed E-state index contributed by atoms with van der Waals surface area (Å²) >= 11 is 1.45. The van der Waals surface area contributed by atoms with Crippen LogP contribution in [0.2, 0.25) is 0 Å². The van der Waals surface area contributed by atoms with E-state index < -0.39 is 0 Å². The topological polar surface area (TPSA) is 57.7 Å². The maximum atomic E-state index is 12.5. The molecule has 0 N–H and O–H groups in total. The number of pyridine rings is 1. The quantitative estimate of drug-likeness (QED) is 0.485. The molecule has 0 aliphatic carbocycles. The molecule has 1 aliphatic rings. The Kier molecular flexibility index (Phi) is 4.90. The molecule has 1 aliphatic heterocycles. The zero-order chi connectivity index (χ0) is 18.8. The number of methoxy groups -OCH3 is 1. The predicted molar refractivity (Wildman–Crippen MR) is 106 cm³/mol. The van der Waals surface area contributed by atoms with Crippen molar-refractivity contribution in [1.29, 1.82) is 0 Å². The minimum atomic E-state index is 0.0612. The van der Waals surface area contributed by atoms with Crippen LogP contribution < -0.4 is 14.2 Å². The number of aromatic nitrogens is 1. The molecular weight excluding hydrogens is 362 g/mol. The fraction of sp³-hybridized carbons (Fsp3) is 0.238. The Morgan fingerprint density at radius 1 is 1.11 bits per heavy atom. The molecule has 138 valence electrons. The number of carbonyl (C=O) groups is 1. The van der Waals surface area contributed by atoms with Gasteiger partial charge in [0.1, 0.15) is 24.0 Å². The van der Waals surface area contributed by atoms with Crippen molar-refractivity contribution in [2.45, 2.75) is 11.9 Å². The van der Waals surface area contributed by atoms with Gasteiger partial charge in [-0.15, -0.1) is 0 Å². The summed E-state index contributed by atoms with van der Waals surface area (Å²) in [7, 11) is 1.61. The summed E-state index contributed by atoms with van der Waals surface area (Å²) in [4.78, 5) is 17.2. The molecule has 0 spiro atoms. The largest absolute Gasteiger partial charge is 0.497 e. The molecule has 0 radical (unpaired) electrons. The van der Waals surface area contributed by atoms with Gasteiger partial charge in [0.25, 0.3) is 0 Å². The highest BCUT2D eigenvalue weighted by Crippen LogP contribution is 2.35. The second kappa shape index (κ2) is 7.48. The molecule has 0 unspecified atom stereocenters. The molecule has 0 saturated carbocycles. The van der Waals surface area contributed by atoms with Gasteiger partial charge in [0, 0.05) is 17.0 Å². The van der Waals surface area contributed by atoms with Crippen LogP contribution in [0.15, 0.2) is 47.5 Å². The van der Waals surface area contributed by atoms with Gasteiger partial charge in [0.05, 0.1) is 18.4 Å². The number of hydrogen-bond acceptors (Lipinski definition) is 6. The molecule has 2 heterocycles. The van der Waals surface area contributed by atoms with Gasteiger partial charge >= 0.3 is 0 Å². The van der Waals surface area contributed by atoms with Crippen molar-refractivity contribution >= 4 is 28.4 Å². The third kappa shape index (κ3) is 3.71. The number of aryl methyl sites for hydroxylation is 1. The van der Waals surface area contributed by atoms with E-state index in [4.69, 9.17) is 19.2 Å². The predicted octanol–water partition coefficient (Wildman–Crippen LogP) is 4.30. The Bertz CT molecular complexity index is 1000. The fourth-order valence-corrected chi connectivity index (χ4v) is 3.82. The number of hydrogen-bond donors (Lipinski definition) is 0. The summed E-state index contributed by atoms with van der Waals surface area (Å²) in [6.45, 7) is 3.11. The molecule has 0 saturated heterocycles. The van der Waals surface area contributed by atoms with Gasteiger partial charge in [-0.2, -0.15) is 0 Å². The van der Waals surface area contributed by atoms with Crippen LogP contribution in [-0.4, -0.2) is 36.8 Å². The molecular formula is C21H19NO4S. The fourth-order valence-electron chi connectivity index (χ4n) is 2.94. The summed E-state index contributed by atoms with van der Waals surface area (Å²) in [5.74, 6) is 2.60. The maximum Gasteiger partial charge on any atom is 0.173 e. The van der Waals surface area contributed by atoms with E-state index in [0.717, 1.165) is 38.7 Å². The number of rotatable bonds is 5. The second-order valence-corrected chi connectivity index (χ2v) is 7.20. The smallest absolute Gasteiger partial charge is 0.173 e. The number of ketones is 1. The highest BCUT2D eigenvalue weighted by Gasteiger charge is 2.15. The van der Waals surface area contributed by atoms with E-state index in [0.29, 0.717) is 24.5 Å². The monoisotopic (exact) mass is 381 g/mol. The molecule has 6 heteroatoms. The molecule has 3 aromatic rings. The van der Waals surface area contributed by atoms with E-state index >= 15 is 0 Å². The number of ether oxygens (including phenoxy) is 3. The molecule has 1 aromatic heterocycles. The number of nitrogens with zero attached hydrogens (tertiary/aromatic N) is 1. The molecule has 0 atom stereocenters. The zero-order valence-corrected chi connectivity index (χ0v) is 16.0. The highest BCUT2D eigenvalue weighted by atomic mass is 32.2. The molecule has 4 rings (SSSR count). The Balaban J connectivity index is 1.54. The molecule has 0 amide bonds. The van der Waals surface area contributed by atoms with Crippen molar-refractivity contribution < 1.29 is 19.0 Å². The Morgan fingerprint density at radius 3 is 2.52 bits per heavy atom. The lowest BCUT2D eigenvalue weighted by atomic mass is 10.1. The van der Waals surface area contributed by atoms with Crippen LogP contribution in [0.5, 0.6) is 17.2 Å². The summed E-state index contributed by atoms with van der Waals surface area (Å²) in [5.41, 5.74) is 2.54. The van der Waals surface area contributed by atoms with Gasteiger partial charge < -0.3 is 14.2 Å². The van der Waals surface area contributed by atoms with Gasteiger partial charge in [-0.05, 0) is 48.9 Å². The van der Waals surface area contributed by atoms with E-state index in [1.54, 1.807) is 31.4 Å². The van der Waals surface area contributed by atoms with Gasteiger partial charge in [-0.3, -0.25) is 4.79 Å².